The molecule has 0 radical (unpaired) electrons. The Morgan fingerprint density at radius 2 is 1.57 bits per heavy atom. The van der Waals surface area contributed by atoms with E-state index in [1.165, 1.54) is 12.0 Å². The lowest BCUT2D eigenvalue weighted by molar-refractivity contribution is -0.265. The van der Waals surface area contributed by atoms with Gasteiger partial charge < -0.3 is 43.9 Å². The molecule has 65 heavy (non-hydrogen) atoms. The van der Waals surface area contributed by atoms with Crippen molar-refractivity contribution in [3.63, 3.8) is 0 Å². The van der Waals surface area contributed by atoms with Gasteiger partial charge in [0, 0.05) is 58.5 Å². The molecule has 0 spiro atoms. The van der Waals surface area contributed by atoms with Crippen molar-refractivity contribution >= 4 is 29.2 Å². The first kappa shape index (κ1) is 54.2. The molecule has 2 bridgehead atoms. The average molecular weight is 914 g/mol. The summed E-state index contributed by atoms with van der Waals surface area (Å²) in [6, 6.07) is -1.14. The number of carbonyl (C=O) groups excluding carboxylic acids is 5. The third-order valence-electron chi connectivity index (χ3n) is 14.5. The van der Waals surface area contributed by atoms with Gasteiger partial charge in [0.25, 0.3) is 11.7 Å². The number of ketones is 3. The third kappa shape index (κ3) is 14.3. The number of piperidine rings is 1. The third-order valence-corrected chi connectivity index (χ3v) is 14.5. The Balaban J connectivity index is 1.70. The molecule has 14 heteroatoms. The van der Waals surface area contributed by atoms with Crippen LogP contribution in [0.5, 0.6) is 0 Å². The fourth-order valence-electron chi connectivity index (χ4n) is 10.1. The molecular formula is C51H79NO13. The summed E-state index contributed by atoms with van der Waals surface area (Å²) in [6.45, 7) is 12.7. The first-order chi connectivity index (χ1) is 30.7. The number of nitrogens with zero attached hydrogens (tertiary/aromatic N) is 1. The van der Waals surface area contributed by atoms with E-state index in [-0.39, 0.29) is 54.8 Å². The number of cyclic esters (lactones) is 1. The molecule has 3 fully saturated rings. The van der Waals surface area contributed by atoms with Crippen LogP contribution in [0.2, 0.25) is 0 Å². The minimum absolute atomic E-state index is 0.0193. The molecule has 0 aromatic rings. The van der Waals surface area contributed by atoms with E-state index in [0.29, 0.717) is 63.4 Å². The zero-order valence-electron chi connectivity index (χ0n) is 40.6. The van der Waals surface area contributed by atoms with E-state index in [4.69, 9.17) is 23.7 Å². The maximum atomic E-state index is 14.4. The van der Waals surface area contributed by atoms with Crippen molar-refractivity contribution in [2.75, 3.05) is 27.9 Å². The Morgan fingerprint density at radius 3 is 2.25 bits per heavy atom. The number of aliphatic hydroxyl groups is 3. The van der Waals surface area contributed by atoms with Crippen molar-refractivity contribution in [3.05, 3.63) is 47.6 Å². The Labute approximate surface area is 387 Å². The van der Waals surface area contributed by atoms with Crippen LogP contribution in [-0.2, 0) is 47.7 Å². The lowest BCUT2D eigenvalue weighted by Gasteiger charge is -2.42. The molecule has 3 heterocycles. The predicted molar refractivity (Wildman–Crippen MR) is 245 cm³/mol. The minimum Gasteiger partial charge on any atom is -0.460 e. The highest BCUT2D eigenvalue weighted by Gasteiger charge is 2.53. The van der Waals surface area contributed by atoms with Crippen LogP contribution in [-0.4, -0.2) is 132 Å². The second kappa shape index (κ2) is 25.1. The molecule has 0 aromatic carbocycles. The number of hydrogen-bond acceptors (Lipinski definition) is 13. The first-order valence-corrected chi connectivity index (χ1v) is 23.9. The lowest BCUT2D eigenvalue weighted by Crippen LogP contribution is -2.61. The summed E-state index contributed by atoms with van der Waals surface area (Å²) < 4.78 is 29.4. The summed E-state index contributed by atoms with van der Waals surface area (Å²) in [7, 11) is 4.52. The Kier molecular flexibility index (Phi) is 21.0. The van der Waals surface area contributed by atoms with Gasteiger partial charge in [0.2, 0.25) is 5.79 Å². The Bertz CT molecular complexity index is 1760. The van der Waals surface area contributed by atoms with Crippen LogP contribution in [0.4, 0.5) is 0 Å². The van der Waals surface area contributed by atoms with Gasteiger partial charge in [-0.15, -0.1) is 0 Å². The molecule has 3 N–H and O–H groups in total. The first-order valence-electron chi connectivity index (χ1n) is 23.9. The van der Waals surface area contributed by atoms with E-state index in [0.717, 1.165) is 12.0 Å². The quantitative estimate of drug-likeness (QED) is 0.156. The molecule has 14 nitrogen and oxygen atoms in total. The summed E-state index contributed by atoms with van der Waals surface area (Å²) in [4.78, 5) is 71.8. The van der Waals surface area contributed by atoms with Crippen LogP contribution < -0.4 is 0 Å². The second-order valence-corrected chi connectivity index (χ2v) is 19.6. The highest BCUT2D eigenvalue weighted by atomic mass is 16.6. The SMILES string of the molecule is COC1C(=O)[C@H](C)C[C@H](C)/C=C/C=C/C=C(\C)[C@@H](OC)C[C@@H]2CC[C@@H](C)[C@@](O)(O2)C(=O)C(=O)N2CCCC[C@H]2C(=O)O[C@H]([C@H](C)C[C@@H]2CC[C@@H](O)C(OC)C2)CC(=O)C(C)/C=C(\C)C1O. The molecule has 1 aliphatic carbocycles. The number of Topliss-reactive ketones (excluding diaryl/α,β-unsaturated/α-hetero) is 3. The molecule has 1 saturated carbocycles. The largest absolute Gasteiger partial charge is 0.460 e. The zero-order valence-corrected chi connectivity index (χ0v) is 40.6. The van der Waals surface area contributed by atoms with Gasteiger partial charge in [-0.2, -0.15) is 0 Å². The standard InChI is InChI=1S/C51H79NO13/c1-30-16-12-11-13-17-31(2)42(61-8)28-38-21-19-36(7)51(60,65-38)48(57)49(58)52-23-15-14-18-39(52)50(59)64-43(33(4)26-37-20-22-40(53)44(27-37)62-9)29-41(54)32(3)25-35(6)46(56)47(63-10)45(55)34(5)24-30/h11-13,16-17,25,30,32-34,36-40,42-44,46-47,53,56,60H,14-15,18-24,26-29H2,1-10H3/b13-11+,16-12+,31-17+,35-25+/t30-,32?,33-,34-,36-,37+,38+,39+,40-,42+,43+,44?,46?,47?,51-/m1/s1. The number of methoxy groups -OCH3 is 3. The van der Waals surface area contributed by atoms with Gasteiger partial charge in [-0.1, -0.05) is 71.1 Å². The molecule has 15 atom stereocenters. The van der Waals surface area contributed by atoms with E-state index in [1.54, 1.807) is 41.1 Å². The maximum absolute atomic E-state index is 14.4. The van der Waals surface area contributed by atoms with Gasteiger partial charge in [0.05, 0.1) is 24.4 Å². The van der Waals surface area contributed by atoms with Crippen LogP contribution in [0, 0.1) is 35.5 Å². The van der Waals surface area contributed by atoms with Gasteiger partial charge in [-0.3, -0.25) is 19.2 Å². The second-order valence-electron chi connectivity index (χ2n) is 19.6. The summed E-state index contributed by atoms with van der Waals surface area (Å²) >= 11 is 0. The molecule has 366 valence electrons. The zero-order chi connectivity index (χ0) is 48.2. The number of hydrogen-bond donors (Lipinski definition) is 3. The van der Waals surface area contributed by atoms with Crippen LogP contribution in [0.15, 0.2) is 47.6 Å². The van der Waals surface area contributed by atoms with Crippen LogP contribution in [0.25, 0.3) is 0 Å². The fraction of sp³-hybridized carbons (Fsp3) is 0.745. The predicted octanol–water partition coefficient (Wildman–Crippen LogP) is 6.18. The number of aliphatic hydroxyl groups excluding tert-OH is 2. The Hall–Kier alpha value is -3.37. The molecule has 3 aliphatic heterocycles. The summed E-state index contributed by atoms with van der Waals surface area (Å²) in [6.07, 6.45) is 11.2. The van der Waals surface area contributed by atoms with Crippen LogP contribution >= 0.6 is 0 Å². The fourth-order valence-corrected chi connectivity index (χ4v) is 10.1. The highest BCUT2D eigenvalue weighted by Crippen LogP contribution is 2.38. The smallest absolute Gasteiger partial charge is 0.329 e. The molecule has 1 amide bonds. The normalized spacial score (nSPS) is 40.4. The van der Waals surface area contributed by atoms with Crippen molar-refractivity contribution in [1.29, 1.82) is 0 Å². The summed E-state index contributed by atoms with van der Waals surface area (Å²) in [5.41, 5.74) is 1.27. The number of fused-ring (bicyclic) bond motifs is 3. The number of rotatable bonds is 6. The van der Waals surface area contributed by atoms with E-state index in [9.17, 15) is 39.3 Å². The van der Waals surface area contributed by atoms with E-state index >= 15 is 0 Å². The van der Waals surface area contributed by atoms with E-state index in [2.05, 4.69) is 0 Å². The maximum Gasteiger partial charge on any atom is 0.329 e. The van der Waals surface area contributed by atoms with Gasteiger partial charge in [-0.05, 0) is 107 Å². The summed E-state index contributed by atoms with van der Waals surface area (Å²) in [5, 5.41) is 33.8. The number of allylic oxidation sites excluding steroid dienone is 6. The van der Waals surface area contributed by atoms with Crippen molar-refractivity contribution in [3.8, 4) is 0 Å². The van der Waals surface area contributed by atoms with E-state index < -0.39 is 83.9 Å². The van der Waals surface area contributed by atoms with Crippen molar-refractivity contribution in [2.24, 2.45) is 35.5 Å². The van der Waals surface area contributed by atoms with Gasteiger partial charge >= 0.3 is 5.97 Å². The average Bonchev–Trinajstić information content (AvgIpc) is 3.28. The number of carbonyl (C=O) groups is 5. The molecule has 4 unspecified atom stereocenters. The molecule has 0 aromatic heterocycles. The van der Waals surface area contributed by atoms with Crippen LogP contribution in [0.1, 0.15) is 126 Å². The monoisotopic (exact) mass is 914 g/mol. The van der Waals surface area contributed by atoms with Gasteiger partial charge in [0.15, 0.2) is 5.78 Å². The van der Waals surface area contributed by atoms with Crippen molar-refractivity contribution in [1.82, 2.24) is 4.90 Å². The summed E-state index contributed by atoms with van der Waals surface area (Å²) in [5.74, 6) is -7.96. The van der Waals surface area contributed by atoms with Crippen molar-refractivity contribution in [2.45, 2.75) is 180 Å². The van der Waals surface area contributed by atoms with Gasteiger partial charge in [-0.25, -0.2) is 4.79 Å². The Morgan fingerprint density at radius 1 is 0.846 bits per heavy atom. The molecule has 4 aliphatic rings. The molecular weight excluding hydrogens is 835 g/mol. The molecule has 4 rings (SSSR count). The topological polar surface area (TPSA) is 195 Å². The van der Waals surface area contributed by atoms with E-state index in [1.807, 2.05) is 58.1 Å². The van der Waals surface area contributed by atoms with Crippen molar-refractivity contribution < 1.29 is 63.0 Å². The lowest BCUT2D eigenvalue weighted by atomic mass is 9.78. The minimum atomic E-state index is -2.43. The number of ether oxygens (including phenoxy) is 5. The van der Waals surface area contributed by atoms with Crippen LogP contribution in [0.3, 0.4) is 0 Å². The number of esters is 1. The highest BCUT2D eigenvalue weighted by molar-refractivity contribution is 6.39. The number of amides is 1. The van der Waals surface area contributed by atoms with Gasteiger partial charge in [0.1, 0.15) is 30.1 Å². The molecule has 2 saturated heterocycles.